The van der Waals surface area contributed by atoms with Gasteiger partial charge >= 0.3 is 0 Å². The van der Waals surface area contributed by atoms with Gasteiger partial charge in [-0.15, -0.1) is 0 Å². The number of rotatable bonds is 4. The monoisotopic (exact) mass is 382 g/mol. The van der Waals surface area contributed by atoms with Crippen LogP contribution in [0, 0.1) is 0 Å². The van der Waals surface area contributed by atoms with Crippen molar-refractivity contribution >= 4 is 27.3 Å². The number of piperidine rings is 1. The van der Waals surface area contributed by atoms with Crippen LogP contribution in [0.15, 0.2) is 29.3 Å². The standard InChI is InChI=1S/C16H19ClN4O3S/c1-25(23,24)13-7-10(6-11(17)8-13)15-14(16(18)22)9-21(20-15)12-2-4-19-5-3-12/h6-9,12,19H,2-5H2,1H3,(H2,18,22). The molecule has 0 bridgehead atoms. The quantitative estimate of drug-likeness (QED) is 0.835. The van der Waals surface area contributed by atoms with Crippen LogP contribution in [0.3, 0.4) is 0 Å². The Morgan fingerprint density at radius 3 is 2.60 bits per heavy atom. The molecule has 0 atom stereocenters. The lowest BCUT2D eigenvalue weighted by Gasteiger charge is -2.22. The van der Waals surface area contributed by atoms with Crippen LogP contribution < -0.4 is 11.1 Å². The Morgan fingerprint density at radius 2 is 2.00 bits per heavy atom. The van der Waals surface area contributed by atoms with Crippen molar-refractivity contribution in [1.82, 2.24) is 15.1 Å². The van der Waals surface area contributed by atoms with Gasteiger partial charge in [-0.05, 0) is 44.1 Å². The van der Waals surface area contributed by atoms with Gasteiger partial charge in [0.15, 0.2) is 9.84 Å². The van der Waals surface area contributed by atoms with E-state index in [0.29, 0.717) is 11.3 Å². The summed E-state index contributed by atoms with van der Waals surface area (Å²) in [6.45, 7) is 1.75. The van der Waals surface area contributed by atoms with Crippen molar-refractivity contribution in [2.75, 3.05) is 19.3 Å². The number of hydrogen-bond acceptors (Lipinski definition) is 5. The van der Waals surface area contributed by atoms with Crippen molar-refractivity contribution in [3.8, 4) is 11.3 Å². The number of amides is 1. The van der Waals surface area contributed by atoms with Crippen LogP contribution in [0.2, 0.25) is 5.02 Å². The van der Waals surface area contributed by atoms with Gasteiger partial charge in [0.2, 0.25) is 0 Å². The van der Waals surface area contributed by atoms with Gasteiger partial charge in [-0.25, -0.2) is 8.42 Å². The van der Waals surface area contributed by atoms with Gasteiger partial charge in [0.05, 0.1) is 16.5 Å². The van der Waals surface area contributed by atoms with E-state index in [1.165, 1.54) is 12.1 Å². The third-order valence-electron chi connectivity index (χ3n) is 4.25. The first-order valence-corrected chi connectivity index (χ1v) is 10.1. The average molecular weight is 383 g/mol. The number of hydrogen-bond donors (Lipinski definition) is 2. The lowest BCUT2D eigenvalue weighted by Crippen LogP contribution is -2.29. The highest BCUT2D eigenvalue weighted by Crippen LogP contribution is 2.30. The minimum absolute atomic E-state index is 0.0711. The third kappa shape index (κ3) is 3.86. The van der Waals surface area contributed by atoms with Crippen LogP contribution in [-0.2, 0) is 9.84 Å². The van der Waals surface area contributed by atoms with Gasteiger partial charge in [-0.3, -0.25) is 9.48 Å². The first-order valence-electron chi connectivity index (χ1n) is 7.86. The molecular weight excluding hydrogens is 364 g/mol. The number of carbonyl (C=O) groups excluding carboxylic acids is 1. The number of nitrogens with two attached hydrogens (primary N) is 1. The molecule has 3 N–H and O–H groups in total. The second-order valence-corrected chi connectivity index (χ2v) is 8.62. The predicted octanol–water partition coefficient (Wildman–Crippen LogP) is 1.63. The molecule has 1 fully saturated rings. The van der Waals surface area contributed by atoms with Gasteiger partial charge in [-0.1, -0.05) is 11.6 Å². The van der Waals surface area contributed by atoms with Crippen molar-refractivity contribution in [3.63, 3.8) is 0 Å². The zero-order valence-electron chi connectivity index (χ0n) is 13.7. The van der Waals surface area contributed by atoms with E-state index < -0.39 is 15.7 Å². The lowest BCUT2D eigenvalue weighted by atomic mass is 10.1. The molecule has 7 nitrogen and oxygen atoms in total. The molecule has 1 amide bonds. The predicted molar refractivity (Wildman–Crippen MR) is 95.4 cm³/mol. The topological polar surface area (TPSA) is 107 Å². The Labute approximate surface area is 151 Å². The second kappa shape index (κ2) is 6.78. The molecule has 1 aliphatic heterocycles. The number of sulfone groups is 1. The zero-order chi connectivity index (χ0) is 18.2. The maximum atomic E-state index is 11.9. The first kappa shape index (κ1) is 17.9. The summed E-state index contributed by atoms with van der Waals surface area (Å²) in [5, 5.41) is 8.05. The third-order valence-corrected chi connectivity index (χ3v) is 5.56. The summed E-state index contributed by atoms with van der Waals surface area (Å²) < 4.78 is 25.5. The molecule has 1 aromatic heterocycles. The molecule has 2 heterocycles. The zero-order valence-corrected chi connectivity index (χ0v) is 15.3. The molecule has 134 valence electrons. The first-order chi connectivity index (χ1) is 11.8. The van der Waals surface area contributed by atoms with Crippen LogP contribution in [0.25, 0.3) is 11.3 Å². The van der Waals surface area contributed by atoms with E-state index in [0.717, 1.165) is 32.2 Å². The molecule has 1 aliphatic rings. The number of nitrogens with one attached hydrogen (secondary N) is 1. The maximum absolute atomic E-state index is 11.9. The van der Waals surface area contributed by atoms with Crippen molar-refractivity contribution in [1.29, 1.82) is 0 Å². The normalized spacial score (nSPS) is 16.1. The molecule has 3 rings (SSSR count). The second-order valence-electron chi connectivity index (χ2n) is 6.16. The average Bonchev–Trinajstić information content (AvgIpc) is 3.00. The maximum Gasteiger partial charge on any atom is 0.252 e. The summed E-state index contributed by atoms with van der Waals surface area (Å²) >= 11 is 6.07. The van der Waals surface area contributed by atoms with Gasteiger partial charge in [-0.2, -0.15) is 5.10 Å². The Hall–Kier alpha value is -1.90. The summed E-state index contributed by atoms with van der Waals surface area (Å²) in [5.74, 6) is -0.615. The molecule has 9 heteroatoms. The van der Waals surface area contributed by atoms with Crippen LogP contribution in [0.4, 0.5) is 0 Å². The van der Waals surface area contributed by atoms with Gasteiger partial charge in [0.25, 0.3) is 5.91 Å². The number of primary amides is 1. The summed E-state index contributed by atoms with van der Waals surface area (Å²) in [7, 11) is -3.45. The van der Waals surface area contributed by atoms with Crippen molar-refractivity contribution < 1.29 is 13.2 Å². The number of carbonyl (C=O) groups is 1. The minimum Gasteiger partial charge on any atom is -0.365 e. The van der Waals surface area contributed by atoms with Crippen LogP contribution >= 0.6 is 11.6 Å². The van der Waals surface area contributed by atoms with Gasteiger partial charge in [0, 0.05) is 23.0 Å². The van der Waals surface area contributed by atoms with E-state index in [4.69, 9.17) is 17.3 Å². The van der Waals surface area contributed by atoms with E-state index in [1.807, 2.05) is 0 Å². The van der Waals surface area contributed by atoms with Crippen LogP contribution in [0.1, 0.15) is 29.2 Å². The molecular formula is C16H19ClN4O3S. The molecule has 25 heavy (non-hydrogen) atoms. The Kier molecular flexibility index (Phi) is 4.86. The fraction of sp³-hybridized carbons (Fsp3) is 0.375. The smallest absolute Gasteiger partial charge is 0.252 e. The molecule has 0 aliphatic carbocycles. The molecule has 0 saturated carbocycles. The lowest BCUT2D eigenvalue weighted by molar-refractivity contribution is 0.100. The largest absolute Gasteiger partial charge is 0.365 e. The van der Waals surface area contributed by atoms with E-state index in [1.54, 1.807) is 16.9 Å². The van der Waals surface area contributed by atoms with Crippen LogP contribution in [0.5, 0.6) is 0 Å². The number of halogens is 1. The number of aromatic nitrogens is 2. The Balaban J connectivity index is 2.11. The minimum atomic E-state index is -3.45. The van der Waals surface area contributed by atoms with E-state index >= 15 is 0 Å². The molecule has 0 unspecified atom stereocenters. The highest BCUT2D eigenvalue weighted by Gasteiger charge is 2.22. The number of nitrogens with zero attached hydrogens (tertiary/aromatic N) is 2. The van der Waals surface area contributed by atoms with Crippen molar-refractivity contribution in [2.45, 2.75) is 23.8 Å². The Bertz CT molecular complexity index is 917. The molecule has 1 aromatic carbocycles. The van der Waals surface area contributed by atoms with Gasteiger partial charge in [0.1, 0.15) is 5.69 Å². The highest BCUT2D eigenvalue weighted by molar-refractivity contribution is 7.90. The fourth-order valence-electron chi connectivity index (χ4n) is 2.96. The summed E-state index contributed by atoms with van der Waals surface area (Å²) in [4.78, 5) is 11.9. The van der Waals surface area contributed by atoms with Gasteiger partial charge < -0.3 is 11.1 Å². The van der Waals surface area contributed by atoms with E-state index in [2.05, 4.69) is 10.4 Å². The summed E-state index contributed by atoms with van der Waals surface area (Å²) in [6.07, 6.45) is 4.52. The van der Waals surface area contributed by atoms with Crippen LogP contribution in [-0.4, -0.2) is 43.5 Å². The SMILES string of the molecule is CS(=O)(=O)c1cc(Cl)cc(-c2nn(C3CCNCC3)cc2C(N)=O)c1. The summed E-state index contributed by atoms with van der Waals surface area (Å²) in [6, 6.07) is 4.58. The van der Waals surface area contributed by atoms with Crippen molar-refractivity contribution in [2.24, 2.45) is 5.73 Å². The summed E-state index contributed by atoms with van der Waals surface area (Å²) in [5.41, 5.74) is 6.55. The van der Waals surface area contributed by atoms with E-state index in [9.17, 15) is 13.2 Å². The molecule has 0 spiro atoms. The molecule has 2 aromatic rings. The highest BCUT2D eigenvalue weighted by atomic mass is 35.5. The molecule has 1 saturated heterocycles. The molecule has 0 radical (unpaired) electrons. The van der Waals surface area contributed by atoms with E-state index in [-0.39, 0.29) is 21.5 Å². The Morgan fingerprint density at radius 1 is 1.32 bits per heavy atom. The van der Waals surface area contributed by atoms with Crippen molar-refractivity contribution in [3.05, 3.63) is 35.0 Å². The fourth-order valence-corrected chi connectivity index (χ4v) is 3.94. The number of benzene rings is 1.